The molecule has 5 heteroatoms. The highest BCUT2D eigenvalue weighted by Gasteiger charge is 2.29. The number of methoxy groups -OCH3 is 2. The number of nitrogens with zero attached hydrogens (tertiary/aromatic N) is 1. The van der Waals surface area contributed by atoms with Gasteiger partial charge in [0, 0.05) is 19.6 Å². The molecule has 0 radical (unpaired) electrons. The monoisotopic (exact) mass is 343 g/mol. The summed E-state index contributed by atoms with van der Waals surface area (Å²) in [4.78, 5) is 2.30. The summed E-state index contributed by atoms with van der Waals surface area (Å²) in [7, 11) is 3.08. The highest BCUT2D eigenvalue weighted by Crippen LogP contribution is 2.37. The minimum absolute atomic E-state index is 0.0368. The van der Waals surface area contributed by atoms with Crippen LogP contribution in [0.1, 0.15) is 18.1 Å². The summed E-state index contributed by atoms with van der Waals surface area (Å²) in [5.41, 5.74) is 2.29. The van der Waals surface area contributed by atoms with Crippen LogP contribution in [0.4, 0.5) is 0 Å². The smallest absolute Gasteiger partial charge is 0.200 e. The summed E-state index contributed by atoms with van der Waals surface area (Å²) < 4.78 is 16.5. The molecule has 3 rings (SSSR count). The summed E-state index contributed by atoms with van der Waals surface area (Å²) in [5.74, 6) is 1.89. The Balaban J connectivity index is 1.59. The van der Waals surface area contributed by atoms with Crippen molar-refractivity contribution in [2.24, 2.45) is 0 Å². The van der Waals surface area contributed by atoms with Crippen LogP contribution < -0.4 is 14.2 Å². The van der Waals surface area contributed by atoms with Gasteiger partial charge in [0.05, 0.1) is 14.2 Å². The predicted octanol–water partition coefficient (Wildman–Crippen LogP) is 3.24. The maximum Gasteiger partial charge on any atom is 0.200 e. The van der Waals surface area contributed by atoms with Gasteiger partial charge in [0.15, 0.2) is 11.5 Å². The molecule has 0 saturated carbocycles. The van der Waals surface area contributed by atoms with Crippen LogP contribution in [0.3, 0.4) is 0 Å². The molecule has 1 aliphatic heterocycles. The Hall–Kier alpha value is -2.40. The molecule has 0 amide bonds. The second kappa shape index (κ2) is 7.66. The molecule has 0 unspecified atom stereocenters. The van der Waals surface area contributed by atoms with Crippen LogP contribution in [0.25, 0.3) is 0 Å². The van der Waals surface area contributed by atoms with E-state index in [1.807, 2.05) is 30.3 Å². The van der Waals surface area contributed by atoms with Crippen LogP contribution in [0, 0.1) is 0 Å². The van der Waals surface area contributed by atoms with Crippen molar-refractivity contribution >= 4 is 0 Å². The number of aromatic hydroxyl groups is 1. The van der Waals surface area contributed by atoms with Gasteiger partial charge in [-0.25, -0.2) is 0 Å². The van der Waals surface area contributed by atoms with Gasteiger partial charge >= 0.3 is 0 Å². The number of phenols is 1. The largest absolute Gasteiger partial charge is 0.502 e. The third-order valence-corrected chi connectivity index (χ3v) is 4.52. The van der Waals surface area contributed by atoms with Crippen LogP contribution in [-0.4, -0.2) is 43.4 Å². The number of benzene rings is 2. The molecule has 0 bridgehead atoms. The van der Waals surface area contributed by atoms with Gasteiger partial charge in [0.1, 0.15) is 11.9 Å². The molecule has 1 heterocycles. The molecule has 0 atom stereocenters. The van der Waals surface area contributed by atoms with Crippen molar-refractivity contribution in [3.8, 4) is 23.0 Å². The number of phenolic OH excluding ortho intramolecular Hbond substituents is 1. The van der Waals surface area contributed by atoms with E-state index in [1.165, 1.54) is 19.8 Å². The van der Waals surface area contributed by atoms with E-state index < -0.39 is 0 Å². The number of aryl methyl sites for hydroxylation is 1. The number of likely N-dealkylation sites (tertiary alicyclic amines) is 1. The molecule has 1 saturated heterocycles. The summed E-state index contributed by atoms with van der Waals surface area (Å²) >= 11 is 0. The maximum atomic E-state index is 9.99. The van der Waals surface area contributed by atoms with E-state index in [0.717, 1.165) is 37.4 Å². The lowest BCUT2D eigenvalue weighted by Gasteiger charge is -2.39. The van der Waals surface area contributed by atoms with Gasteiger partial charge in [0.2, 0.25) is 5.75 Å². The third kappa shape index (κ3) is 3.82. The van der Waals surface area contributed by atoms with Gasteiger partial charge in [0.25, 0.3) is 0 Å². The fourth-order valence-corrected chi connectivity index (χ4v) is 3.11. The fourth-order valence-electron chi connectivity index (χ4n) is 3.11. The topological polar surface area (TPSA) is 51.2 Å². The van der Waals surface area contributed by atoms with E-state index in [4.69, 9.17) is 14.2 Å². The zero-order chi connectivity index (χ0) is 17.8. The van der Waals surface area contributed by atoms with E-state index in [9.17, 15) is 5.11 Å². The Morgan fingerprint density at radius 1 is 1.04 bits per heavy atom. The van der Waals surface area contributed by atoms with E-state index in [1.54, 1.807) is 0 Å². The minimum Gasteiger partial charge on any atom is -0.502 e. The predicted molar refractivity (Wildman–Crippen MR) is 96.7 cm³/mol. The zero-order valence-electron chi connectivity index (χ0n) is 15.0. The van der Waals surface area contributed by atoms with Crippen molar-refractivity contribution in [3.05, 3.63) is 47.5 Å². The summed E-state index contributed by atoms with van der Waals surface area (Å²) in [5, 5.41) is 9.99. The van der Waals surface area contributed by atoms with Crippen molar-refractivity contribution in [2.75, 3.05) is 27.3 Å². The highest BCUT2D eigenvalue weighted by molar-refractivity contribution is 5.52. The normalized spacial score (nSPS) is 14.8. The number of rotatable bonds is 7. The Bertz CT molecular complexity index is 700. The van der Waals surface area contributed by atoms with Gasteiger partial charge in [-0.15, -0.1) is 0 Å². The van der Waals surface area contributed by atoms with E-state index in [0.29, 0.717) is 11.5 Å². The molecule has 25 heavy (non-hydrogen) atoms. The Labute approximate surface area is 148 Å². The summed E-state index contributed by atoms with van der Waals surface area (Å²) in [6, 6.07) is 11.9. The third-order valence-electron chi connectivity index (χ3n) is 4.52. The number of hydrogen-bond donors (Lipinski definition) is 1. The van der Waals surface area contributed by atoms with Gasteiger partial charge in [-0.3, -0.25) is 4.90 Å². The minimum atomic E-state index is 0.0368. The first-order valence-electron chi connectivity index (χ1n) is 8.55. The van der Waals surface area contributed by atoms with Crippen LogP contribution in [0.15, 0.2) is 36.4 Å². The lowest BCUT2D eigenvalue weighted by molar-refractivity contribution is 0.0140. The quantitative estimate of drug-likeness (QED) is 0.836. The lowest BCUT2D eigenvalue weighted by atomic mass is 10.1. The first kappa shape index (κ1) is 17.4. The molecular weight excluding hydrogens is 318 g/mol. The fraction of sp³-hybridized carbons (Fsp3) is 0.400. The maximum absolute atomic E-state index is 9.99. The number of ether oxygens (including phenoxy) is 3. The highest BCUT2D eigenvalue weighted by atomic mass is 16.5. The van der Waals surface area contributed by atoms with Gasteiger partial charge in [-0.2, -0.15) is 0 Å². The van der Waals surface area contributed by atoms with E-state index in [2.05, 4.69) is 17.9 Å². The van der Waals surface area contributed by atoms with E-state index in [-0.39, 0.29) is 11.9 Å². The molecule has 134 valence electrons. The van der Waals surface area contributed by atoms with E-state index >= 15 is 0 Å². The Morgan fingerprint density at radius 2 is 1.68 bits per heavy atom. The van der Waals surface area contributed by atoms with Crippen LogP contribution in [0.2, 0.25) is 0 Å². The molecule has 5 nitrogen and oxygen atoms in total. The second-order valence-electron chi connectivity index (χ2n) is 6.24. The molecule has 0 aromatic heterocycles. The number of para-hydroxylation sites is 1. The molecule has 0 aliphatic carbocycles. The zero-order valence-corrected chi connectivity index (χ0v) is 15.0. The second-order valence-corrected chi connectivity index (χ2v) is 6.24. The standard InChI is InChI=1S/C20H25NO4/c1-4-15-7-5-6-8-17(15)25-16-12-21(13-16)11-14-9-18(23-2)20(22)19(10-14)24-3/h5-10,16,22H,4,11-13H2,1-3H3. The van der Waals surface area contributed by atoms with Crippen molar-refractivity contribution in [2.45, 2.75) is 26.0 Å². The van der Waals surface area contributed by atoms with Crippen LogP contribution in [0.5, 0.6) is 23.0 Å². The molecule has 1 fully saturated rings. The van der Waals surface area contributed by atoms with Crippen LogP contribution >= 0.6 is 0 Å². The number of hydrogen-bond acceptors (Lipinski definition) is 5. The van der Waals surface area contributed by atoms with Crippen molar-refractivity contribution < 1.29 is 19.3 Å². The summed E-state index contributed by atoms with van der Waals surface area (Å²) in [6.07, 6.45) is 1.19. The molecule has 2 aromatic rings. The van der Waals surface area contributed by atoms with Crippen molar-refractivity contribution in [1.29, 1.82) is 0 Å². The van der Waals surface area contributed by atoms with Crippen molar-refractivity contribution in [3.63, 3.8) is 0 Å². The first-order chi connectivity index (χ1) is 12.1. The molecular formula is C20H25NO4. The SMILES string of the molecule is CCc1ccccc1OC1CN(Cc2cc(OC)c(O)c(OC)c2)C1. The molecule has 1 aliphatic rings. The van der Waals surface area contributed by atoms with Gasteiger partial charge < -0.3 is 19.3 Å². The Morgan fingerprint density at radius 3 is 2.28 bits per heavy atom. The average molecular weight is 343 g/mol. The molecule has 1 N–H and O–H groups in total. The molecule has 0 spiro atoms. The van der Waals surface area contributed by atoms with Gasteiger partial charge in [-0.1, -0.05) is 25.1 Å². The molecule has 2 aromatic carbocycles. The average Bonchev–Trinajstić information content (AvgIpc) is 2.61. The van der Waals surface area contributed by atoms with Crippen LogP contribution in [-0.2, 0) is 13.0 Å². The Kier molecular flexibility index (Phi) is 5.34. The lowest BCUT2D eigenvalue weighted by Crippen LogP contribution is -2.53. The van der Waals surface area contributed by atoms with Crippen molar-refractivity contribution in [1.82, 2.24) is 4.90 Å². The summed E-state index contributed by atoms with van der Waals surface area (Å²) in [6.45, 7) is 4.66. The first-order valence-corrected chi connectivity index (χ1v) is 8.55. The van der Waals surface area contributed by atoms with Gasteiger partial charge in [-0.05, 0) is 35.7 Å².